The molecular formula is C43H47N9O5. The Hall–Kier alpha value is -5.68. The predicted molar refractivity (Wildman–Crippen MR) is 209 cm³/mol. The minimum atomic E-state index is -0.972. The van der Waals surface area contributed by atoms with E-state index >= 15 is 0 Å². The van der Waals surface area contributed by atoms with Crippen LogP contribution in [0.1, 0.15) is 105 Å². The van der Waals surface area contributed by atoms with Crippen LogP contribution in [0.4, 0.5) is 11.5 Å². The third-order valence-corrected chi connectivity index (χ3v) is 13.4. The van der Waals surface area contributed by atoms with Crippen LogP contribution in [0.3, 0.4) is 0 Å². The first kappa shape index (κ1) is 36.9. The third-order valence-electron chi connectivity index (χ3n) is 13.4. The molecule has 0 radical (unpaired) electrons. The second kappa shape index (κ2) is 14.4. The van der Waals surface area contributed by atoms with E-state index < -0.39 is 29.7 Å². The summed E-state index contributed by atoms with van der Waals surface area (Å²) in [4.78, 5) is 74.2. The molecule has 57 heavy (non-hydrogen) atoms. The fourth-order valence-corrected chi connectivity index (χ4v) is 10.2. The maximum absolute atomic E-state index is 13.5. The third kappa shape index (κ3) is 6.71. The van der Waals surface area contributed by atoms with E-state index in [-0.39, 0.29) is 24.2 Å². The zero-order chi connectivity index (χ0) is 39.6. The SMILES string of the molecule is Cc1cc(N2CC3(CCN(c4ccc(C(=O)N5CCC(CN6Cc7cc8c(cc7C6)C(=O)N(C6CCC(=O)NC6=O)C8=O)CC5)nn4)CC3)C[C@@H]2C)ccc1C#N. The van der Waals surface area contributed by atoms with E-state index in [0.717, 1.165) is 91.3 Å². The first-order chi connectivity index (χ1) is 27.5. The maximum atomic E-state index is 13.5. The summed E-state index contributed by atoms with van der Waals surface area (Å²) in [5.41, 5.74) is 6.20. The Bertz CT molecular complexity index is 2170. The molecule has 5 amide bonds. The van der Waals surface area contributed by atoms with Crippen molar-refractivity contribution in [2.24, 2.45) is 11.3 Å². The first-order valence-electron chi connectivity index (χ1n) is 20.2. The highest BCUT2D eigenvalue weighted by molar-refractivity contribution is 6.23. The van der Waals surface area contributed by atoms with Gasteiger partial charge in [-0.25, -0.2) is 0 Å². The monoisotopic (exact) mass is 769 g/mol. The molecule has 4 fully saturated rings. The van der Waals surface area contributed by atoms with Crippen molar-refractivity contribution < 1.29 is 24.0 Å². The molecule has 1 aromatic heterocycles. The average molecular weight is 770 g/mol. The first-order valence-corrected chi connectivity index (χ1v) is 20.2. The van der Waals surface area contributed by atoms with Crippen LogP contribution in [-0.2, 0) is 22.7 Å². The quantitative estimate of drug-likeness (QED) is 0.363. The molecule has 4 saturated heterocycles. The van der Waals surface area contributed by atoms with Gasteiger partial charge in [0, 0.05) is 70.5 Å². The molecule has 3 aromatic rings. The molecule has 1 unspecified atom stereocenters. The fraction of sp³-hybridized carbons (Fsp3) is 0.488. The number of amides is 5. The number of likely N-dealkylation sites (tertiary alicyclic amines) is 1. The van der Waals surface area contributed by atoms with Crippen molar-refractivity contribution in [2.45, 2.75) is 84.0 Å². The lowest BCUT2D eigenvalue weighted by molar-refractivity contribution is -0.136. The van der Waals surface area contributed by atoms with Crippen LogP contribution in [-0.4, -0.2) is 106 Å². The van der Waals surface area contributed by atoms with Gasteiger partial charge < -0.3 is 14.7 Å². The molecular weight excluding hydrogens is 723 g/mol. The summed E-state index contributed by atoms with van der Waals surface area (Å²) in [6.07, 6.45) is 5.24. The molecule has 6 aliphatic rings. The number of nitrogens with one attached hydrogen (secondary N) is 1. The lowest BCUT2D eigenvalue weighted by Crippen LogP contribution is -2.54. The highest BCUT2D eigenvalue weighted by Crippen LogP contribution is 2.45. The van der Waals surface area contributed by atoms with Gasteiger partial charge in [-0.2, -0.15) is 5.26 Å². The Morgan fingerprint density at radius 2 is 1.61 bits per heavy atom. The molecule has 0 saturated carbocycles. The van der Waals surface area contributed by atoms with E-state index in [4.69, 9.17) is 0 Å². The Balaban J connectivity index is 0.745. The Labute approximate surface area is 331 Å². The number of nitriles is 1. The van der Waals surface area contributed by atoms with Crippen molar-refractivity contribution in [1.82, 2.24) is 30.2 Å². The van der Waals surface area contributed by atoms with E-state index in [1.807, 2.05) is 30.0 Å². The van der Waals surface area contributed by atoms with Gasteiger partial charge in [0.05, 0.1) is 22.8 Å². The number of aryl methyl sites for hydroxylation is 1. The molecule has 14 heteroatoms. The topological polar surface area (TPSA) is 163 Å². The molecule has 0 bridgehead atoms. The molecule has 2 aromatic carbocycles. The summed E-state index contributed by atoms with van der Waals surface area (Å²) in [5.74, 6) is -0.844. The van der Waals surface area contributed by atoms with Crippen LogP contribution >= 0.6 is 0 Å². The maximum Gasteiger partial charge on any atom is 0.274 e. The van der Waals surface area contributed by atoms with Gasteiger partial charge in [-0.3, -0.25) is 39.1 Å². The van der Waals surface area contributed by atoms with Crippen molar-refractivity contribution in [2.75, 3.05) is 49.1 Å². The number of fused-ring (bicyclic) bond motifs is 2. The van der Waals surface area contributed by atoms with E-state index in [0.29, 0.717) is 55.0 Å². The van der Waals surface area contributed by atoms with E-state index in [2.05, 4.69) is 55.3 Å². The molecule has 6 aliphatic heterocycles. The van der Waals surface area contributed by atoms with Gasteiger partial charge >= 0.3 is 0 Å². The van der Waals surface area contributed by atoms with Crippen LogP contribution in [0, 0.1) is 29.6 Å². The van der Waals surface area contributed by atoms with Crippen LogP contribution < -0.4 is 15.1 Å². The minimum absolute atomic E-state index is 0.0904. The number of carbonyl (C=O) groups is 5. The van der Waals surface area contributed by atoms with Gasteiger partial charge in [0.25, 0.3) is 17.7 Å². The number of carbonyl (C=O) groups excluding carboxylic acids is 5. The van der Waals surface area contributed by atoms with Gasteiger partial charge in [-0.1, -0.05) is 0 Å². The van der Waals surface area contributed by atoms with Crippen molar-refractivity contribution in [3.8, 4) is 6.07 Å². The Morgan fingerprint density at radius 3 is 2.23 bits per heavy atom. The summed E-state index contributed by atoms with van der Waals surface area (Å²) < 4.78 is 0. The predicted octanol–water partition coefficient (Wildman–Crippen LogP) is 3.81. The van der Waals surface area contributed by atoms with Gasteiger partial charge in [0.1, 0.15) is 6.04 Å². The van der Waals surface area contributed by atoms with Crippen LogP contribution in [0.5, 0.6) is 0 Å². The number of hydrogen-bond donors (Lipinski definition) is 1. The number of nitrogens with zero attached hydrogens (tertiary/aromatic N) is 8. The Kier molecular flexibility index (Phi) is 9.30. The number of imide groups is 2. The Morgan fingerprint density at radius 1 is 0.912 bits per heavy atom. The summed E-state index contributed by atoms with van der Waals surface area (Å²) in [6.45, 7) is 10.6. The van der Waals surface area contributed by atoms with Crippen molar-refractivity contribution in [3.05, 3.63) is 81.5 Å². The molecule has 9 rings (SSSR count). The lowest BCUT2D eigenvalue weighted by Gasteiger charge is -2.39. The smallest absolute Gasteiger partial charge is 0.274 e. The highest BCUT2D eigenvalue weighted by Gasteiger charge is 2.46. The van der Waals surface area contributed by atoms with Gasteiger partial charge in [-0.15, -0.1) is 10.2 Å². The molecule has 7 heterocycles. The number of aromatic nitrogens is 2. The number of anilines is 2. The summed E-state index contributed by atoms with van der Waals surface area (Å²) in [5, 5.41) is 20.5. The molecule has 0 aliphatic carbocycles. The summed E-state index contributed by atoms with van der Waals surface area (Å²) in [6, 6.07) is 15.2. The normalized spacial score (nSPS) is 23.6. The zero-order valence-corrected chi connectivity index (χ0v) is 32.5. The summed E-state index contributed by atoms with van der Waals surface area (Å²) in [7, 11) is 0. The zero-order valence-electron chi connectivity index (χ0n) is 32.5. The minimum Gasteiger partial charge on any atom is -0.368 e. The van der Waals surface area contributed by atoms with Gasteiger partial charge in [0.2, 0.25) is 11.8 Å². The van der Waals surface area contributed by atoms with Crippen LogP contribution in [0.25, 0.3) is 0 Å². The molecule has 294 valence electrons. The van der Waals surface area contributed by atoms with E-state index in [1.165, 1.54) is 5.69 Å². The number of piperidine rings is 3. The molecule has 14 nitrogen and oxygen atoms in total. The lowest BCUT2D eigenvalue weighted by atomic mass is 9.77. The van der Waals surface area contributed by atoms with Crippen molar-refractivity contribution in [1.29, 1.82) is 5.26 Å². The van der Waals surface area contributed by atoms with E-state index in [9.17, 15) is 29.2 Å². The van der Waals surface area contributed by atoms with Gasteiger partial charge in [0.15, 0.2) is 11.5 Å². The highest BCUT2D eigenvalue weighted by atomic mass is 16.2. The van der Waals surface area contributed by atoms with Gasteiger partial charge in [-0.05, 0) is 123 Å². The second-order valence-corrected chi connectivity index (χ2v) is 17.1. The van der Waals surface area contributed by atoms with Crippen LogP contribution in [0.2, 0.25) is 0 Å². The standard InChI is InChI=1S/C43H47N9O5/c1-26-17-32(4-3-29(26)21-44)51-25-43(20-27(51)2)11-15-49(16-12-43)37-7-5-35(46-47-37)42(57)50-13-9-28(10-14-50)22-48-23-30-18-33-34(19-31(30)24-48)41(56)52(40(33)55)36-6-8-38(53)45-39(36)54/h3-5,7,17-19,27-28,36H,6,8-16,20,22-25H2,1-2H3,(H,45,53,54)/t27-,36?/m0/s1. The number of hydrogen-bond acceptors (Lipinski definition) is 11. The number of benzene rings is 2. The van der Waals surface area contributed by atoms with E-state index in [1.54, 1.807) is 12.1 Å². The van der Waals surface area contributed by atoms with Crippen molar-refractivity contribution in [3.63, 3.8) is 0 Å². The largest absolute Gasteiger partial charge is 0.368 e. The molecule has 2 atom stereocenters. The molecule has 1 spiro atoms. The van der Waals surface area contributed by atoms with Crippen molar-refractivity contribution >= 4 is 41.0 Å². The fourth-order valence-electron chi connectivity index (χ4n) is 10.2. The second-order valence-electron chi connectivity index (χ2n) is 17.1. The van der Waals surface area contributed by atoms with Crippen LogP contribution in [0.15, 0.2) is 42.5 Å². The number of rotatable bonds is 6. The average Bonchev–Trinajstić information content (AvgIpc) is 3.84. The summed E-state index contributed by atoms with van der Waals surface area (Å²) >= 11 is 0. The molecule has 1 N–H and O–H groups in total.